The molecular formula is C22H29FN3O2+. The van der Waals surface area contributed by atoms with Crippen molar-refractivity contribution in [2.24, 2.45) is 0 Å². The van der Waals surface area contributed by atoms with Gasteiger partial charge in [-0.2, -0.15) is 0 Å². The lowest BCUT2D eigenvalue weighted by Crippen LogP contribution is -3.14. The van der Waals surface area contributed by atoms with Crippen molar-refractivity contribution in [1.29, 1.82) is 0 Å². The highest BCUT2D eigenvalue weighted by Crippen LogP contribution is 2.26. The quantitative estimate of drug-likeness (QED) is 0.653. The first-order valence-corrected chi connectivity index (χ1v) is 9.59. The van der Waals surface area contributed by atoms with E-state index in [4.69, 9.17) is 0 Å². The van der Waals surface area contributed by atoms with Crippen LogP contribution in [0.1, 0.15) is 38.7 Å². The van der Waals surface area contributed by atoms with Crippen molar-refractivity contribution in [2.75, 3.05) is 24.2 Å². The molecule has 2 rings (SSSR count). The lowest BCUT2D eigenvalue weighted by Gasteiger charge is -2.22. The van der Waals surface area contributed by atoms with Gasteiger partial charge in [-0.3, -0.25) is 9.59 Å². The fourth-order valence-corrected chi connectivity index (χ4v) is 2.87. The average molecular weight is 386 g/mol. The van der Waals surface area contributed by atoms with Crippen LogP contribution < -0.4 is 15.5 Å². The summed E-state index contributed by atoms with van der Waals surface area (Å²) in [5.41, 5.74) is 2.45. The molecule has 150 valence electrons. The van der Waals surface area contributed by atoms with E-state index in [2.05, 4.69) is 24.5 Å². The van der Waals surface area contributed by atoms with Crippen LogP contribution in [-0.4, -0.2) is 31.4 Å². The van der Waals surface area contributed by atoms with Crippen LogP contribution in [0, 0.1) is 5.82 Å². The number of anilines is 2. The fourth-order valence-electron chi connectivity index (χ4n) is 2.87. The number of para-hydroxylation sites is 1. The summed E-state index contributed by atoms with van der Waals surface area (Å²) in [5, 5.41) is 5.72. The molecule has 2 aromatic rings. The molecule has 6 heteroatoms. The summed E-state index contributed by atoms with van der Waals surface area (Å²) < 4.78 is 12.9. The zero-order chi connectivity index (χ0) is 20.7. The number of amides is 2. The Bertz CT molecular complexity index is 808. The van der Waals surface area contributed by atoms with Gasteiger partial charge in [-0.15, -0.1) is 0 Å². The molecule has 0 heterocycles. The van der Waals surface area contributed by atoms with Crippen LogP contribution in [0.3, 0.4) is 0 Å². The number of carbonyl (C=O) groups is 2. The lowest BCUT2D eigenvalue weighted by molar-refractivity contribution is -0.885. The molecule has 0 spiro atoms. The molecule has 0 aliphatic carbocycles. The predicted octanol–water partition coefficient (Wildman–Crippen LogP) is 2.82. The first-order chi connectivity index (χ1) is 13.3. The zero-order valence-electron chi connectivity index (χ0n) is 16.9. The number of likely N-dealkylation sites (N-methyl/N-ethyl adjacent to an activating group) is 1. The molecule has 0 aromatic heterocycles. The van der Waals surface area contributed by atoms with Gasteiger partial charge in [0.25, 0.3) is 11.8 Å². The summed E-state index contributed by atoms with van der Waals surface area (Å²) in [6.07, 6.45) is 0.983. The van der Waals surface area contributed by atoms with Crippen LogP contribution in [0.5, 0.6) is 0 Å². The molecule has 2 amide bonds. The Morgan fingerprint density at radius 2 is 1.68 bits per heavy atom. The summed E-state index contributed by atoms with van der Waals surface area (Å²) in [6.45, 7) is 6.16. The van der Waals surface area contributed by atoms with E-state index in [1.54, 1.807) is 14.0 Å². The smallest absolute Gasteiger partial charge is 0.282 e. The maximum atomic E-state index is 12.9. The Morgan fingerprint density at radius 3 is 2.32 bits per heavy atom. The van der Waals surface area contributed by atoms with E-state index in [-0.39, 0.29) is 24.2 Å². The Morgan fingerprint density at radius 1 is 1.04 bits per heavy atom. The molecule has 0 aliphatic rings. The molecule has 28 heavy (non-hydrogen) atoms. The van der Waals surface area contributed by atoms with E-state index < -0.39 is 6.04 Å². The van der Waals surface area contributed by atoms with Gasteiger partial charge < -0.3 is 15.5 Å². The Hall–Kier alpha value is -2.73. The molecule has 0 aliphatic heterocycles. The highest BCUT2D eigenvalue weighted by Gasteiger charge is 2.25. The summed E-state index contributed by atoms with van der Waals surface area (Å²) in [5.74, 6) is -0.381. The molecule has 0 saturated carbocycles. The first-order valence-electron chi connectivity index (χ1n) is 9.59. The topological polar surface area (TPSA) is 62.6 Å². The molecule has 3 N–H and O–H groups in total. The summed E-state index contributed by atoms with van der Waals surface area (Å²) in [7, 11) is 1.80. The van der Waals surface area contributed by atoms with Gasteiger partial charge in [-0.05, 0) is 55.2 Å². The van der Waals surface area contributed by atoms with E-state index in [0.717, 1.165) is 22.6 Å². The van der Waals surface area contributed by atoms with Crippen LogP contribution in [0.25, 0.3) is 0 Å². The van der Waals surface area contributed by atoms with Crippen LogP contribution in [0.4, 0.5) is 15.8 Å². The normalized spacial score (nSPS) is 14.0. The zero-order valence-corrected chi connectivity index (χ0v) is 16.9. The minimum absolute atomic E-state index is 0.124. The molecule has 5 nitrogen and oxygen atoms in total. The number of halogens is 1. The van der Waals surface area contributed by atoms with Crippen molar-refractivity contribution in [2.45, 2.75) is 39.2 Å². The van der Waals surface area contributed by atoms with Crippen molar-refractivity contribution in [1.82, 2.24) is 0 Å². The third kappa shape index (κ3) is 5.89. The summed E-state index contributed by atoms with van der Waals surface area (Å²) >= 11 is 0. The van der Waals surface area contributed by atoms with Crippen molar-refractivity contribution in [3.05, 3.63) is 59.9 Å². The SMILES string of the molecule is CC[C@@H](C)c1ccccc1NC(=O)[C@@H](C)[NH+](C)CC(=O)Nc1ccc(F)cc1. The van der Waals surface area contributed by atoms with Gasteiger partial charge in [-0.25, -0.2) is 4.39 Å². The van der Waals surface area contributed by atoms with E-state index >= 15 is 0 Å². The maximum absolute atomic E-state index is 12.9. The second-order valence-electron chi connectivity index (χ2n) is 7.19. The minimum Gasteiger partial charge on any atom is -0.321 e. The minimum atomic E-state index is -0.413. The van der Waals surface area contributed by atoms with Crippen LogP contribution in [0.15, 0.2) is 48.5 Å². The fraction of sp³-hybridized carbons (Fsp3) is 0.364. The van der Waals surface area contributed by atoms with E-state index in [9.17, 15) is 14.0 Å². The first kappa shape index (κ1) is 21.6. The largest absolute Gasteiger partial charge is 0.321 e. The molecule has 3 atom stereocenters. The predicted molar refractivity (Wildman–Crippen MR) is 110 cm³/mol. The Balaban J connectivity index is 1.95. The average Bonchev–Trinajstić information content (AvgIpc) is 2.68. The number of carbonyl (C=O) groups excluding carboxylic acids is 2. The van der Waals surface area contributed by atoms with E-state index in [1.807, 2.05) is 24.3 Å². The molecule has 1 unspecified atom stereocenters. The van der Waals surface area contributed by atoms with E-state index in [0.29, 0.717) is 11.6 Å². The highest BCUT2D eigenvalue weighted by atomic mass is 19.1. The second kappa shape index (κ2) is 9.99. The number of quaternary nitrogens is 1. The summed E-state index contributed by atoms with van der Waals surface area (Å²) in [4.78, 5) is 25.7. The molecule has 0 fully saturated rings. The molecule has 0 saturated heterocycles. The van der Waals surface area contributed by atoms with Crippen LogP contribution in [-0.2, 0) is 9.59 Å². The van der Waals surface area contributed by atoms with Gasteiger partial charge in [0.1, 0.15) is 5.82 Å². The summed E-state index contributed by atoms with van der Waals surface area (Å²) in [6, 6.07) is 13.0. The van der Waals surface area contributed by atoms with Gasteiger partial charge in [0.05, 0.1) is 7.05 Å². The van der Waals surface area contributed by atoms with Gasteiger partial charge in [0.15, 0.2) is 12.6 Å². The standard InChI is InChI=1S/C22H28FN3O2/c1-5-15(2)19-8-6-7-9-20(19)25-22(28)16(3)26(4)14-21(27)24-18-12-10-17(23)11-13-18/h6-13,15-16H,5,14H2,1-4H3,(H,24,27)(H,25,28)/p+1/t15-,16-/m1/s1. The van der Waals surface area contributed by atoms with Crippen molar-refractivity contribution in [3.63, 3.8) is 0 Å². The molecule has 0 bridgehead atoms. The Kier molecular flexibility index (Phi) is 7.70. The van der Waals surface area contributed by atoms with Gasteiger partial charge >= 0.3 is 0 Å². The number of benzene rings is 2. The Labute approximate surface area is 165 Å². The molecule has 2 aromatic carbocycles. The number of hydrogen-bond donors (Lipinski definition) is 3. The van der Waals surface area contributed by atoms with Crippen LogP contribution in [0.2, 0.25) is 0 Å². The van der Waals surface area contributed by atoms with Gasteiger partial charge in [0, 0.05) is 11.4 Å². The van der Waals surface area contributed by atoms with Crippen molar-refractivity contribution >= 4 is 23.2 Å². The van der Waals surface area contributed by atoms with E-state index in [1.165, 1.54) is 24.3 Å². The van der Waals surface area contributed by atoms with Crippen molar-refractivity contribution < 1.29 is 18.9 Å². The number of nitrogens with one attached hydrogen (secondary N) is 3. The lowest BCUT2D eigenvalue weighted by atomic mass is 9.97. The number of hydrogen-bond acceptors (Lipinski definition) is 2. The monoisotopic (exact) mass is 386 g/mol. The van der Waals surface area contributed by atoms with Gasteiger partial charge in [0.2, 0.25) is 0 Å². The molecule has 0 radical (unpaired) electrons. The van der Waals surface area contributed by atoms with Gasteiger partial charge in [-0.1, -0.05) is 32.0 Å². The van der Waals surface area contributed by atoms with Crippen LogP contribution >= 0.6 is 0 Å². The highest BCUT2D eigenvalue weighted by molar-refractivity contribution is 5.95. The number of rotatable bonds is 8. The third-order valence-electron chi connectivity index (χ3n) is 5.06. The van der Waals surface area contributed by atoms with Crippen molar-refractivity contribution in [3.8, 4) is 0 Å². The second-order valence-corrected chi connectivity index (χ2v) is 7.19. The third-order valence-corrected chi connectivity index (χ3v) is 5.06. The molecular weight excluding hydrogens is 357 g/mol. The maximum Gasteiger partial charge on any atom is 0.282 e.